The van der Waals surface area contributed by atoms with Crippen molar-refractivity contribution in [2.45, 2.75) is 32.7 Å². The molecule has 4 heteroatoms. The molecule has 0 spiro atoms. The van der Waals surface area contributed by atoms with Crippen LogP contribution in [0.25, 0.3) is 11.3 Å². The van der Waals surface area contributed by atoms with Crippen molar-refractivity contribution >= 4 is 5.91 Å². The Kier molecular flexibility index (Phi) is 3.08. The molecule has 1 aliphatic rings. The second kappa shape index (κ2) is 4.78. The van der Waals surface area contributed by atoms with Gasteiger partial charge in [0.1, 0.15) is 5.82 Å². The number of hydrogen-bond acceptors (Lipinski definition) is 2. The molecule has 104 valence electrons. The second-order valence-electron chi connectivity index (χ2n) is 5.53. The highest BCUT2D eigenvalue weighted by Crippen LogP contribution is 2.24. The third kappa shape index (κ3) is 2.33. The lowest BCUT2D eigenvalue weighted by Crippen LogP contribution is -2.26. The second-order valence-corrected chi connectivity index (χ2v) is 5.53. The van der Waals surface area contributed by atoms with E-state index < -0.39 is 0 Å². The number of imidazole rings is 1. The highest BCUT2D eigenvalue weighted by molar-refractivity contribution is 5.96. The number of carbonyl (C=O) groups excluding carboxylic acids is 1. The van der Waals surface area contributed by atoms with E-state index in [1.807, 2.05) is 39.2 Å². The maximum Gasteiger partial charge on any atom is 0.251 e. The van der Waals surface area contributed by atoms with E-state index >= 15 is 0 Å². The molecule has 1 heterocycles. The molecule has 2 aromatic rings. The highest BCUT2D eigenvalue weighted by atomic mass is 16.1. The molecule has 0 bridgehead atoms. The van der Waals surface area contributed by atoms with Crippen LogP contribution in [0.5, 0.6) is 0 Å². The van der Waals surface area contributed by atoms with Crippen molar-refractivity contribution in [2.24, 2.45) is 7.05 Å². The number of hydrogen-bond donors (Lipinski definition) is 1. The normalized spacial score (nSPS) is 14.3. The number of nitrogens with one attached hydrogen (secondary N) is 1. The van der Waals surface area contributed by atoms with Gasteiger partial charge >= 0.3 is 0 Å². The lowest BCUT2D eigenvalue weighted by Gasteiger charge is -2.09. The van der Waals surface area contributed by atoms with Crippen LogP contribution >= 0.6 is 0 Å². The van der Waals surface area contributed by atoms with E-state index in [1.54, 1.807) is 0 Å². The lowest BCUT2D eigenvalue weighted by atomic mass is 10.0. The summed E-state index contributed by atoms with van der Waals surface area (Å²) in [6.45, 7) is 3.96. The minimum atomic E-state index is 0.0396. The topological polar surface area (TPSA) is 46.9 Å². The quantitative estimate of drug-likeness (QED) is 0.931. The zero-order chi connectivity index (χ0) is 14.3. The first-order chi connectivity index (χ1) is 9.56. The standard InChI is InChI=1S/C16H19N3O/c1-10-8-12(15-9-17-11(2)19(15)3)4-7-14(10)16(20)18-13-5-6-13/h4,7-9,13H,5-6H2,1-3H3,(H,18,20). The van der Waals surface area contributed by atoms with Crippen LogP contribution in [0.15, 0.2) is 24.4 Å². The molecule has 1 aliphatic carbocycles. The fraction of sp³-hybridized carbons (Fsp3) is 0.375. The minimum absolute atomic E-state index is 0.0396. The number of amides is 1. The van der Waals surface area contributed by atoms with Crippen molar-refractivity contribution in [3.63, 3.8) is 0 Å². The Morgan fingerprint density at radius 1 is 1.35 bits per heavy atom. The van der Waals surface area contributed by atoms with Crippen molar-refractivity contribution < 1.29 is 4.79 Å². The third-order valence-electron chi connectivity index (χ3n) is 3.90. The molecule has 3 rings (SSSR count). The van der Waals surface area contributed by atoms with Gasteiger partial charge in [0.25, 0.3) is 5.91 Å². The molecular formula is C16H19N3O. The van der Waals surface area contributed by atoms with Crippen LogP contribution in [0.3, 0.4) is 0 Å². The Labute approximate surface area is 118 Å². The van der Waals surface area contributed by atoms with E-state index in [0.29, 0.717) is 6.04 Å². The van der Waals surface area contributed by atoms with Gasteiger partial charge in [-0.1, -0.05) is 6.07 Å². The van der Waals surface area contributed by atoms with Crippen LogP contribution in [0.2, 0.25) is 0 Å². The molecule has 1 N–H and O–H groups in total. The summed E-state index contributed by atoms with van der Waals surface area (Å²) in [6, 6.07) is 6.34. The first-order valence-electron chi connectivity index (χ1n) is 6.96. The molecule has 1 fully saturated rings. The third-order valence-corrected chi connectivity index (χ3v) is 3.90. The summed E-state index contributed by atoms with van der Waals surface area (Å²) in [5.41, 5.74) is 3.92. The number of benzene rings is 1. The molecule has 0 unspecified atom stereocenters. The predicted molar refractivity (Wildman–Crippen MR) is 78.6 cm³/mol. The van der Waals surface area contributed by atoms with Crippen LogP contribution in [0.4, 0.5) is 0 Å². The molecule has 1 saturated carbocycles. The van der Waals surface area contributed by atoms with E-state index in [1.165, 1.54) is 0 Å². The van der Waals surface area contributed by atoms with Gasteiger partial charge in [0.2, 0.25) is 0 Å². The van der Waals surface area contributed by atoms with Gasteiger partial charge in [-0.05, 0) is 44.4 Å². The predicted octanol–water partition coefficient (Wildman–Crippen LogP) is 2.60. The van der Waals surface area contributed by atoms with Gasteiger partial charge in [0.15, 0.2) is 0 Å². The summed E-state index contributed by atoms with van der Waals surface area (Å²) in [7, 11) is 2.00. The molecule has 1 aromatic carbocycles. The minimum Gasteiger partial charge on any atom is -0.349 e. The SMILES string of the molecule is Cc1cc(-c2cnc(C)n2C)ccc1C(=O)NC1CC1. The zero-order valence-corrected chi connectivity index (χ0v) is 12.1. The van der Waals surface area contributed by atoms with Crippen molar-refractivity contribution in [1.82, 2.24) is 14.9 Å². The molecule has 0 radical (unpaired) electrons. The smallest absolute Gasteiger partial charge is 0.251 e. The maximum atomic E-state index is 12.1. The summed E-state index contributed by atoms with van der Waals surface area (Å²) in [4.78, 5) is 16.4. The van der Waals surface area contributed by atoms with Crippen molar-refractivity contribution in [1.29, 1.82) is 0 Å². The monoisotopic (exact) mass is 269 g/mol. The van der Waals surface area contributed by atoms with E-state index in [9.17, 15) is 4.79 Å². The summed E-state index contributed by atoms with van der Waals surface area (Å²) >= 11 is 0. The van der Waals surface area contributed by atoms with Crippen molar-refractivity contribution in [3.8, 4) is 11.3 Å². The molecule has 0 aliphatic heterocycles. The van der Waals surface area contributed by atoms with Crippen LogP contribution in [-0.2, 0) is 7.05 Å². The molecule has 4 nitrogen and oxygen atoms in total. The van der Waals surface area contributed by atoms with Crippen molar-refractivity contribution in [2.75, 3.05) is 0 Å². The Morgan fingerprint density at radius 3 is 2.65 bits per heavy atom. The molecule has 0 atom stereocenters. The molecule has 0 saturated heterocycles. The average molecular weight is 269 g/mol. The largest absolute Gasteiger partial charge is 0.349 e. The van der Waals surface area contributed by atoms with Crippen molar-refractivity contribution in [3.05, 3.63) is 41.3 Å². The van der Waals surface area contributed by atoms with Gasteiger partial charge in [0.05, 0.1) is 11.9 Å². The maximum absolute atomic E-state index is 12.1. The molecule has 20 heavy (non-hydrogen) atoms. The Balaban J connectivity index is 1.90. The summed E-state index contributed by atoms with van der Waals surface area (Å²) in [6.07, 6.45) is 4.09. The fourth-order valence-corrected chi connectivity index (χ4v) is 2.34. The number of nitrogens with zero attached hydrogens (tertiary/aromatic N) is 2. The number of rotatable bonds is 3. The Bertz CT molecular complexity index is 668. The first kappa shape index (κ1) is 12.9. The Hall–Kier alpha value is -2.10. The van der Waals surface area contributed by atoms with Gasteiger partial charge in [-0.2, -0.15) is 0 Å². The first-order valence-corrected chi connectivity index (χ1v) is 6.96. The molecular weight excluding hydrogens is 250 g/mol. The van der Waals surface area contributed by atoms with Gasteiger partial charge in [0, 0.05) is 24.2 Å². The van der Waals surface area contributed by atoms with Crippen LogP contribution in [-0.4, -0.2) is 21.5 Å². The fourth-order valence-electron chi connectivity index (χ4n) is 2.34. The van der Waals surface area contributed by atoms with E-state index in [0.717, 1.165) is 41.1 Å². The van der Waals surface area contributed by atoms with Crippen LogP contribution in [0.1, 0.15) is 34.6 Å². The van der Waals surface area contributed by atoms with E-state index in [4.69, 9.17) is 0 Å². The highest BCUT2D eigenvalue weighted by Gasteiger charge is 2.24. The summed E-state index contributed by atoms with van der Waals surface area (Å²) < 4.78 is 2.05. The van der Waals surface area contributed by atoms with Gasteiger partial charge < -0.3 is 9.88 Å². The molecule has 1 aromatic heterocycles. The van der Waals surface area contributed by atoms with E-state index in [2.05, 4.69) is 20.9 Å². The average Bonchev–Trinajstić information content (AvgIpc) is 3.16. The summed E-state index contributed by atoms with van der Waals surface area (Å²) in [5.74, 6) is 1.02. The number of aryl methyl sites for hydroxylation is 2. The van der Waals surface area contributed by atoms with Gasteiger partial charge in [-0.3, -0.25) is 4.79 Å². The Morgan fingerprint density at radius 2 is 2.10 bits per heavy atom. The van der Waals surface area contributed by atoms with Crippen LogP contribution < -0.4 is 5.32 Å². The molecule has 1 amide bonds. The summed E-state index contributed by atoms with van der Waals surface area (Å²) in [5, 5.41) is 3.03. The number of aromatic nitrogens is 2. The number of carbonyl (C=O) groups is 1. The lowest BCUT2D eigenvalue weighted by molar-refractivity contribution is 0.0950. The van der Waals surface area contributed by atoms with E-state index in [-0.39, 0.29) is 5.91 Å². The zero-order valence-electron chi connectivity index (χ0n) is 12.1. The van der Waals surface area contributed by atoms with Crippen LogP contribution in [0, 0.1) is 13.8 Å². The van der Waals surface area contributed by atoms with Gasteiger partial charge in [-0.15, -0.1) is 0 Å². The van der Waals surface area contributed by atoms with Gasteiger partial charge in [-0.25, -0.2) is 4.98 Å².